The average Bonchev–Trinajstić information content (AvgIpc) is 2.36. The smallest absolute Gasteiger partial charge is 0.149 e. The van der Waals surface area contributed by atoms with Gasteiger partial charge in [-0.1, -0.05) is 11.6 Å². The predicted octanol–water partition coefficient (Wildman–Crippen LogP) is 3.87. The minimum absolute atomic E-state index is 0.0322. The van der Waals surface area contributed by atoms with Crippen LogP contribution in [0.5, 0.6) is 0 Å². The molecular weight excluding hydrogens is 265 g/mol. The monoisotopic (exact) mass is 279 g/mol. The van der Waals surface area contributed by atoms with Crippen molar-refractivity contribution in [3.05, 3.63) is 47.2 Å². The SMILES string of the molecule is CN(C)c1ccc(Nc2cc(F)c(N)c(Cl)c2)cc1. The molecule has 0 amide bonds. The van der Waals surface area contributed by atoms with Crippen molar-refractivity contribution in [1.29, 1.82) is 0 Å². The van der Waals surface area contributed by atoms with Gasteiger partial charge in [0.25, 0.3) is 0 Å². The molecule has 3 N–H and O–H groups in total. The van der Waals surface area contributed by atoms with Gasteiger partial charge in [-0.3, -0.25) is 0 Å². The van der Waals surface area contributed by atoms with Gasteiger partial charge in [-0.05, 0) is 36.4 Å². The highest BCUT2D eigenvalue weighted by Crippen LogP contribution is 2.28. The Morgan fingerprint density at radius 2 is 1.74 bits per heavy atom. The third kappa shape index (κ3) is 3.09. The quantitative estimate of drug-likeness (QED) is 0.838. The van der Waals surface area contributed by atoms with Crippen LogP contribution < -0.4 is 16.0 Å². The number of hydrogen-bond donors (Lipinski definition) is 2. The first kappa shape index (κ1) is 13.5. The van der Waals surface area contributed by atoms with Gasteiger partial charge in [0.1, 0.15) is 5.82 Å². The van der Waals surface area contributed by atoms with Crippen LogP contribution in [0.3, 0.4) is 0 Å². The van der Waals surface area contributed by atoms with Gasteiger partial charge in [0.15, 0.2) is 0 Å². The second-order valence-corrected chi connectivity index (χ2v) is 4.83. The highest BCUT2D eigenvalue weighted by molar-refractivity contribution is 6.33. The summed E-state index contributed by atoms with van der Waals surface area (Å²) in [5.74, 6) is -0.528. The van der Waals surface area contributed by atoms with Crippen LogP contribution in [0.25, 0.3) is 0 Å². The Bertz CT molecular complexity index is 559. The molecule has 0 spiro atoms. The first-order valence-electron chi connectivity index (χ1n) is 5.76. The summed E-state index contributed by atoms with van der Waals surface area (Å²) < 4.78 is 13.5. The Morgan fingerprint density at radius 1 is 1.11 bits per heavy atom. The van der Waals surface area contributed by atoms with Crippen molar-refractivity contribution < 1.29 is 4.39 Å². The Morgan fingerprint density at radius 3 is 2.26 bits per heavy atom. The summed E-state index contributed by atoms with van der Waals surface area (Å²) in [4.78, 5) is 2.00. The Kier molecular flexibility index (Phi) is 3.81. The van der Waals surface area contributed by atoms with Crippen LogP contribution in [0.4, 0.5) is 27.1 Å². The van der Waals surface area contributed by atoms with Crippen molar-refractivity contribution >= 4 is 34.4 Å². The molecule has 0 bridgehead atoms. The molecule has 0 heterocycles. The molecule has 2 rings (SSSR count). The molecule has 5 heteroatoms. The van der Waals surface area contributed by atoms with E-state index in [0.29, 0.717) is 5.69 Å². The maximum atomic E-state index is 13.5. The third-order valence-electron chi connectivity index (χ3n) is 2.75. The van der Waals surface area contributed by atoms with Gasteiger partial charge in [-0.15, -0.1) is 0 Å². The molecule has 0 aliphatic carbocycles. The lowest BCUT2D eigenvalue weighted by atomic mass is 10.2. The van der Waals surface area contributed by atoms with Gasteiger partial charge < -0.3 is 16.0 Å². The second-order valence-electron chi connectivity index (χ2n) is 4.42. The lowest BCUT2D eigenvalue weighted by Crippen LogP contribution is -2.08. The number of nitrogens with zero attached hydrogens (tertiary/aromatic N) is 1. The number of nitrogen functional groups attached to an aromatic ring is 1. The van der Waals surface area contributed by atoms with Gasteiger partial charge in [-0.2, -0.15) is 0 Å². The summed E-state index contributed by atoms with van der Waals surface area (Å²) in [6.45, 7) is 0. The molecule has 0 saturated heterocycles. The molecule has 0 saturated carbocycles. The summed E-state index contributed by atoms with van der Waals surface area (Å²) in [7, 11) is 3.94. The fourth-order valence-electron chi connectivity index (χ4n) is 1.67. The zero-order valence-corrected chi connectivity index (χ0v) is 11.5. The van der Waals surface area contributed by atoms with Crippen molar-refractivity contribution in [2.75, 3.05) is 30.0 Å². The van der Waals surface area contributed by atoms with E-state index in [1.165, 1.54) is 6.07 Å². The lowest BCUT2D eigenvalue weighted by molar-refractivity contribution is 0.633. The maximum Gasteiger partial charge on any atom is 0.149 e. The van der Waals surface area contributed by atoms with Crippen LogP contribution in [0.15, 0.2) is 36.4 Å². The van der Waals surface area contributed by atoms with Crippen molar-refractivity contribution in [3.8, 4) is 0 Å². The van der Waals surface area contributed by atoms with Gasteiger partial charge in [-0.25, -0.2) is 4.39 Å². The van der Waals surface area contributed by atoms with Crippen LogP contribution in [-0.2, 0) is 0 Å². The normalized spacial score (nSPS) is 10.3. The number of nitrogens with one attached hydrogen (secondary N) is 1. The molecule has 100 valence electrons. The van der Waals surface area contributed by atoms with E-state index in [1.54, 1.807) is 6.07 Å². The molecule has 2 aromatic rings. The molecule has 2 aromatic carbocycles. The number of anilines is 4. The molecule has 0 aromatic heterocycles. The van der Waals surface area contributed by atoms with Crippen molar-refractivity contribution in [3.63, 3.8) is 0 Å². The van der Waals surface area contributed by atoms with Crippen LogP contribution in [0.1, 0.15) is 0 Å². The van der Waals surface area contributed by atoms with Crippen LogP contribution >= 0.6 is 11.6 Å². The molecule has 0 fully saturated rings. The van der Waals surface area contributed by atoms with Gasteiger partial charge in [0.05, 0.1) is 10.7 Å². The zero-order chi connectivity index (χ0) is 14.0. The minimum Gasteiger partial charge on any atom is -0.395 e. The van der Waals surface area contributed by atoms with E-state index >= 15 is 0 Å². The fraction of sp³-hybridized carbons (Fsp3) is 0.143. The third-order valence-corrected chi connectivity index (χ3v) is 3.06. The highest BCUT2D eigenvalue weighted by Gasteiger charge is 2.06. The average molecular weight is 280 g/mol. The summed E-state index contributed by atoms with van der Waals surface area (Å²) >= 11 is 5.84. The summed E-state index contributed by atoms with van der Waals surface area (Å²) in [5, 5.41) is 3.28. The maximum absolute atomic E-state index is 13.5. The summed E-state index contributed by atoms with van der Waals surface area (Å²) in [6, 6.07) is 10.7. The molecule has 0 unspecified atom stereocenters. The van der Waals surface area contributed by atoms with E-state index in [0.717, 1.165) is 11.4 Å². The Balaban J connectivity index is 2.21. The largest absolute Gasteiger partial charge is 0.395 e. The summed E-state index contributed by atoms with van der Waals surface area (Å²) in [6.07, 6.45) is 0. The highest BCUT2D eigenvalue weighted by atomic mass is 35.5. The zero-order valence-electron chi connectivity index (χ0n) is 10.7. The number of rotatable bonds is 3. The number of nitrogens with two attached hydrogens (primary N) is 1. The van der Waals surface area contributed by atoms with Crippen molar-refractivity contribution in [2.45, 2.75) is 0 Å². The van der Waals surface area contributed by atoms with Gasteiger partial charge >= 0.3 is 0 Å². The van der Waals surface area contributed by atoms with E-state index in [9.17, 15) is 4.39 Å². The van der Waals surface area contributed by atoms with Crippen LogP contribution in [0, 0.1) is 5.82 Å². The molecule has 0 atom stereocenters. The molecular formula is C14H15ClFN3. The van der Waals surface area contributed by atoms with Gasteiger partial charge in [0.2, 0.25) is 0 Å². The van der Waals surface area contributed by atoms with E-state index in [1.807, 2.05) is 43.3 Å². The van der Waals surface area contributed by atoms with Crippen molar-refractivity contribution in [2.24, 2.45) is 0 Å². The molecule has 0 aliphatic heterocycles. The molecule has 0 aliphatic rings. The van der Waals surface area contributed by atoms with Crippen LogP contribution in [-0.4, -0.2) is 14.1 Å². The van der Waals surface area contributed by atoms with Crippen LogP contribution in [0.2, 0.25) is 5.02 Å². The number of halogens is 2. The van der Waals surface area contributed by atoms with Crippen molar-refractivity contribution in [1.82, 2.24) is 0 Å². The Labute approximate surface area is 116 Å². The number of benzene rings is 2. The van der Waals surface area contributed by atoms with E-state index in [-0.39, 0.29) is 10.7 Å². The first-order valence-corrected chi connectivity index (χ1v) is 6.14. The van der Waals surface area contributed by atoms with E-state index < -0.39 is 5.82 Å². The number of hydrogen-bond acceptors (Lipinski definition) is 3. The second kappa shape index (κ2) is 5.36. The standard InChI is InChI=1S/C14H15ClFN3/c1-19(2)11-5-3-9(4-6-11)18-10-7-12(15)14(17)13(16)8-10/h3-8,18H,17H2,1-2H3. The van der Waals surface area contributed by atoms with E-state index in [4.69, 9.17) is 17.3 Å². The fourth-order valence-corrected chi connectivity index (χ4v) is 1.87. The Hall–Kier alpha value is -1.94. The summed E-state index contributed by atoms with van der Waals surface area (Å²) in [5.41, 5.74) is 7.93. The first-order chi connectivity index (χ1) is 8.97. The minimum atomic E-state index is -0.528. The molecule has 3 nitrogen and oxygen atoms in total. The molecule has 0 radical (unpaired) electrons. The topological polar surface area (TPSA) is 41.3 Å². The predicted molar refractivity (Wildman–Crippen MR) is 79.9 cm³/mol. The van der Waals surface area contributed by atoms with Gasteiger partial charge in [0, 0.05) is 31.2 Å². The lowest BCUT2D eigenvalue weighted by Gasteiger charge is -2.14. The van der Waals surface area contributed by atoms with E-state index in [2.05, 4.69) is 5.32 Å². The molecule has 19 heavy (non-hydrogen) atoms.